The lowest BCUT2D eigenvalue weighted by Gasteiger charge is -2.19. The molecule has 0 bridgehead atoms. The van der Waals surface area contributed by atoms with Gasteiger partial charge in [-0.05, 0) is 12.1 Å². The summed E-state index contributed by atoms with van der Waals surface area (Å²) in [6.07, 6.45) is -0.679. The molecule has 0 unspecified atom stereocenters. The van der Waals surface area contributed by atoms with Crippen molar-refractivity contribution in [2.24, 2.45) is 0 Å². The van der Waals surface area contributed by atoms with E-state index >= 15 is 0 Å². The Bertz CT molecular complexity index is 1080. The largest absolute Gasteiger partial charge is 0.507 e. The fraction of sp³-hybridized carbons (Fsp3) is 0.235. The zero-order chi connectivity index (χ0) is 16.6. The van der Waals surface area contributed by atoms with Gasteiger partial charge in [-0.25, -0.2) is 0 Å². The molecule has 3 aromatic rings. The van der Waals surface area contributed by atoms with E-state index in [4.69, 9.17) is 13.9 Å². The Morgan fingerprint density at radius 3 is 2.83 bits per heavy atom. The van der Waals surface area contributed by atoms with Gasteiger partial charge in [0.2, 0.25) is 11.7 Å². The zero-order valence-corrected chi connectivity index (χ0v) is 12.3. The second-order valence-corrected chi connectivity index (χ2v) is 6.05. The SMILES string of the molecule is O=c1c2c(O)cccc2oc2cc3c(c(O)c12)[C@@]1(O)CCO[C@H]1O3. The molecule has 0 amide bonds. The molecule has 0 radical (unpaired) electrons. The van der Waals surface area contributed by atoms with Gasteiger partial charge in [0.05, 0.1) is 12.2 Å². The van der Waals surface area contributed by atoms with E-state index in [1.807, 2.05) is 0 Å². The lowest BCUT2D eigenvalue weighted by molar-refractivity contribution is -0.123. The van der Waals surface area contributed by atoms with E-state index in [-0.39, 0.29) is 52.0 Å². The predicted molar refractivity (Wildman–Crippen MR) is 82.2 cm³/mol. The number of hydrogen-bond acceptors (Lipinski definition) is 7. The molecular weight excluding hydrogens is 316 g/mol. The average Bonchev–Trinajstić information content (AvgIpc) is 3.00. The Hall–Kier alpha value is -2.77. The van der Waals surface area contributed by atoms with Crippen molar-refractivity contribution in [2.75, 3.05) is 6.61 Å². The number of phenolic OH excluding ortho intramolecular Hbond substituents is 2. The molecule has 0 spiro atoms. The summed E-state index contributed by atoms with van der Waals surface area (Å²) in [6, 6.07) is 5.92. The minimum atomic E-state index is -1.51. The van der Waals surface area contributed by atoms with Crippen molar-refractivity contribution in [1.82, 2.24) is 0 Å². The molecule has 3 heterocycles. The topological polar surface area (TPSA) is 109 Å². The van der Waals surface area contributed by atoms with Crippen LogP contribution in [-0.4, -0.2) is 28.2 Å². The maximum absolute atomic E-state index is 12.8. The first-order valence-corrected chi connectivity index (χ1v) is 7.46. The van der Waals surface area contributed by atoms with Crippen LogP contribution in [0.25, 0.3) is 21.9 Å². The highest BCUT2D eigenvalue weighted by Gasteiger charge is 2.54. The minimum absolute atomic E-state index is 0.0228. The number of aromatic hydroxyl groups is 2. The lowest BCUT2D eigenvalue weighted by atomic mass is 9.91. The molecule has 3 N–H and O–H groups in total. The van der Waals surface area contributed by atoms with Crippen LogP contribution in [0, 0.1) is 0 Å². The van der Waals surface area contributed by atoms with Crippen LogP contribution in [-0.2, 0) is 10.3 Å². The summed E-state index contributed by atoms with van der Waals surface area (Å²) in [5.74, 6) is -0.424. The molecule has 2 aliphatic rings. The summed E-state index contributed by atoms with van der Waals surface area (Å²) in [4.78, 5) is 12.8. The molecule has 1 fully saturated rings. The van der Waals surface area contributed by atoms with Gasteiger partial charge < -0.3 is 29.2 Å². The minimum Gasteiger partial charge on any atom is -0.507 e. The van der Waals surface area contributed by atoms with Crippen molar-refractivity contribution in [2.45, 2.75) is 18.3 Å². The van der Waals surface area contributed by atoms with Gasteiger partial charge in [-0.2, -0.15) is 0 Å². The fourth-order valence-corrected chi connectivity index (χ4v) is 3.58. The predicted octanol–water partition coefficient (Wildman–Crippen LogP) is 1.68. The lowest BCUT2D eigenvalue weighted by Crippen LogP contribution is -2.33. The summed E-state index contributed by atoms with van der Waals surface area (Å²) in [7, 11) is 0. The highest BCUT2D eigenvalue weighted by molar-refractivity contribution is 5.97. The van der Waals surface area contributed by atoms with Crippen LogP contribution in [0.1, 0.15) is 12.0 Å². The van der Waals surface area contributed by atoms with Crippen molar-refractivity contribution in [3.8, 4) is 17.2 Å². The third-order valence-electron chi connectivity index (χ3n) is 4.72. The third-order valence-corrected chi connectivity index (χ3v) is 4.72. The van der Waals surface area contributed by atoms with Crippen LogP contribution in [0.5, 0.6) is 17.2 Å². The highest BCUT2D eigenvalue weighted by Crippen LogP contribution is 2.53. The van der Waals surface area contributed by atoms with E-state index in [1.54, 1.807) is 12.1 Å². The number of fused-ring (bicyclic) bond motifs is 5. The van der Waals surface area contributed by atoms with Crippen molar-refractivity contribution in [3.63, 3.8) is 0 Å². The Morgan fingerprint density at radius 1 is 1.17 bits per heavy atom. The van der Waals surface area contributed by atoms with Crippen LogP contribution in [0.15, 0.2) is 33.5 Å². The molecule has 2 aromatic carbocycles. The van der Waals surface area contributed by atoms with E-state index in [1.165, 1.54) is 12.1 Å². The standard InChI is InChI=1S/C17H12O7/c18-7-2-1-3-8-11(7)14(19)12-9(23-8)6-10-13(15(12)20)17(21)4-5-22-16(17)24-10/h1-3,6,16,18,20-21H,4-5H2/t16-,17-/m0/s1. The zero-order valence-electron chi connectivity index (χ0n) is 12.3. The maximum Gasteiger partial charge on any atom is 0.233 e. The Labute approximate surface area is 134 Å². The van der Waals surface area contributed by atoms with Gasteiger partial charge in [0.15, 0.2) is 5.60 Å². The molecule has 2 atom stereocenters. The molecule has 7 nitrogen and oxygen atoms in total. The molecule has 5 rings (SSSR count). The molecule has 2 aliphatic heterocycles. The van der Waals surface area contributed by atoms with Crippen LogP contribution in [0.3, 0.4) is 0 Å². The Kier molecular flexibility index (Phi) is 2.39. The van der Waals surface area contributed by atoms with E-state index in [0.29, 0.717) is 0 Å². The van der Waals surface area contributed by atoms with Crippen LogP contribution < -0.4 is 10.2 Å². The molecular formula is C17H12O7. The van der Waals surface area contributed by atoms with E-state index in [0.717, 1.165) is 0 Å². The first kappa shape index (κ1) is 13.6. The number of hydrogen-bond donors (Lipinski definition) is 3. The van der Waals surface area contributed by atoms with Gasteiger partial charge in [0, 0.05) is 12.5 Å². The summed E-state index contributed by atoms with van der Waals surface area (Å²) >= 11 is 0. The van der Waals surface area contributed by atoms with Gasteiger partial charge in [-0.3, -0.25) is 4.79 Å². The Morgan fingerprint density at radius 2 is 2.00 bits per heavy atom. The number of benzene rings is 2. The number of phenols is 2. The first-order chi connectivity index (χ1) is 11.5. The van der Waals surface area contributed by atoms with Gasteiger partial charge in [0.1, 0.15) is 39.2 Å². The molecule has 0 saturated carbocycles. The van der Waals surface area contributed by atoms with Crippen molar-refractivity contribution in [1.29, 1.82) is 0 Å². The van der Waals surface area contributed by atoms with Crippen LogP contribution in [0.4, 0.5) is 0 Å². The molecule has 0 aliphatic carbocycles. The van der Waals surface area contributed by atoms with Gasteiger partial charge in [-0.1, -0.05) is 6.07 Å². The summed E-state index contributed by atoms with van der Waals surface area (Å²) in [6.45, 7) is 0.283. The van der Waals surface area contributed by atoms with Crippen LogP contribution in [0.2, 0.25) is 0 Å². The second kappa shape index (κ2) is 4.19. The van der Waals surface area contributed by atoms with Gasteiger partial charge in [-0.15, -0.1) is 0 Å². The fourth-order valence-electron chi connectivity index (χ4n) is 3.58. The van der Waals surface area contributed by atoms with Gasteiger partial charge >= 0.3 is 0 Å². The smallest absolute Gasteiger partial charge is 0.233 e. The van der Waals surface area contributed by atoms with Crippen molar-refractivity contribution < 1.29 is 29.2 Å². The summed E-state index contributed by atoms with van der Waals surface area (Å²) in [5, 5.41) is 31.3. The molecule has 1 aromatic heterocycles. The first-order valence-electron chi connectivity index (χ1n) is 7.46. The van der Waals surface area contributed by atoms with Gasteiger partial charge in [0.25, 0.3) is 0 Å². The molecule has 122 valence electrons. The molecule has 7 heteroatoms. The highest BCUT2D eigenvalue weighted by atomic mass is 16.7. The number of rotatable bonds is 0. The summed E-state index contributed by atoms with van der Waals surface area (Å²) < 4.78 is 16.5. The maximum atomic E-state index is 12.8. The molecule has 1 saturated heterocycles. The van der Waals surface area contributed by atoms with Crippen molar-refractivity contribution in [3.05, 3.63) is 40.1 Å². The average molecular weight is 328 g/mol. The third kappa shape index (κ3) is 1.46. The summed E-state index contributed by atoms with van der Waals surface area (Å²) in [5.41, 5.74) is -1.65. The second-order valence-electron chi connectivity index (χ2n) is 6.05. The van der Waals surface area contributed by atoms with Crippen LogP contribution >= 0.6 is 0 Å². The normalized spacial score (nSPS) is 25.0. The van der Waals surface area contributed by atoms with E-state index in [2.05, 4.69) is 0 Å². The quantitative estimate of drug-likeness (QED) is 0.539. The Balaban J connectivity index is 1.95. The molecule has 24 heavy (non-hydrogen) atoms. The monoisotopic (exact) mass is 328 g/mol. The number of aliphatic hydroxyl groups is 1. The van der Waals surface area contributed by atoms with E-state index in [9.17, 15) is 20.1 Å². The number of ether oxygens (including phenoxy) is 2. The van der Waals surface area contributed by atoms with Crippen molar-refractivity contribution >= 4 is 21.9 Å². The van der Waals surface area contributed by atoms with E-state index < -0.39 is 23.1 Å².